The fraction of sp³-hybridized carbons (Fsp3) is 0.500. The van der Waals surface area contributed by atoms with Crippen LogP contribution in [0.3, 0.4) is 0 Å². The number of benzene rings is 1. The van der Waals surface area contributed by atoms with Crippen molar-refractivity contribution in [2.24, 2.45) is 5.92 Å². The molecule has 5 rings (SSSR count). The van der Waals surface area contributed by atoms with Gasteiger partial charge in [0, 0.05) is 11.6 Å². The molecule has 0 spiro atoms. The molecule has 6 heteroatoms. The number of hydrogen-bond acceptors (Lipinski definition) is 3. The second-order valence-electron chi connectivity index (χ2n) is 7.32. The van der Waals surface area contributed by atoms with E-state index in [-0.39, 0.29) is 22.2 Å². The highest BCUT2D eigenvalue weighted by Crippen LogP contribution is 2.39. The van der Waals surface area contributed by atoms with Gasteiger partial charge in [0.15, 0.2) is 11.6 Å². The molecule has 1 amide bonds. The Labute approximate surface area is 143 Å². The van der Waals surface area contributed by atoms with Crippen molar-refractivity contribution in [3.05, 3.63) is 34.7 Å². The summed E-state index contributed by atoms with van der Waals surface area (Å²) in [5.74, 6) is -1.46. The molecule has 24 heavy (non-hydrogen) atoms. The predicted octanol–water partition coefficient (Wildman–Crippen LogP) is 3.78. The number of piperidine rings is 3. The van der Waals surface area contributed by atoms with E-state index < -0.39 is 11.6 Å². The standard InChI is InChI=1S/C18H20F2N2OS/c1-18(2)16(10-5-7-22(18)8-6-10)21-17(23)13-9-11-3-4-12(19)14(20)15(11)24-13/h3-4,9-10,16H,5-8H2,1-2H3,(H,21,23)/t16-/m1/s1. The summed E-state index contributed by atoms with van der Waals surface area (Å²) < 4.78 is 27.4. The minimum atomic E-state index is -0.880. The topological polar surface area (TPSA) is 32.3 Å². The Morgan fingerprint density at radius 1 is 1.29 bits per heavy atom. The van der Waals surface area contributed by atoms with Gasteiger partial charge < -0.3 is 5.32 Å². The van der Waals surface area contributed by atoms with E-state index in [1.54, 1.807) is 6.07 Å². The summed E-state index contributed by atoms with van der Waals surface area (Å²) in [5, 5.41) is 3.73. The predicted molar refractivity (Wildman–Crippen MR) is 91.4 cm³/mol. The summed E-state index contributed by atoms with van der Waals surface area (Å²) >= 11 is 1.01. The SMILES string of the molecule is CC1(C)[C@H](NC(=O)c2cc3ccc(F)c(F)c3s2)C2CCN1CC2. The Balaban J connectivity index is 1.61. The number of nitrogens with one attached hydrogen (secondary N) is 1. The quantitative estimate of drug-likeness (QED) is 0.894. The van der Waals surface area contributed by atoms with Gasteiger partial charge in [-0.1, -0.05) is 6.07 Å². The lowest BCUT2D eigenvalue weighted by Gasteiger charge is -2.56. The van der Waals surface area contributed by atoms with Crippen LogP contribution in [0.5, 0.6) is 0 Å². The van der Waals surface area contributed by atoms with Gasteiger partial charge in [0.05, 0.1) is 9.58 Å². The Hall–Kier alpha value is -1.53. The molecule has 3 aliphatic heterocycles. The molecule has 1 aromatic heterocycles. The average molecular weight is 350 g/mol. The highest BCUT2D eigenvalue weighted by Gasteiger charge is 2.48. The maximum atomic E-state index is 13.9. The zero-order chi connectivity index (χ0) is 17.1. The number of amides is 1. The minimum Gasteiger partial charge on any atom is -0.346 e. The molecule has 128 valence electrons. The van der Waals surface area contributed by atoms with Gasteiger partial charge in [-0.2, -0.15) is 0 Å². The molecule has 1 atom stereocenters. The van der Waals surface area contributed by atoms with Gasteiger partial charge in [0.2, 0.25) is 0 Å². The third-order valence-electron chi connectivity index (χ3n) is 5.68. The number of rotatable bonds is 2. The van der Waals surface area contributed by atoms with Crippen LogP contribution in [-0.2, 0) is 0 Å². The number of carbonyl (C=O) groups is 1. The molecule has 3 fully saturated rings. The van der Waals surface area contributed by atoms with Crippen molar-refractivity contribution in [2.45, 2.75) is 38.3 Å². The van der Waals surface area contributed by atoms with Gasteiger partial charge in [0.25, 0.3) is 5.91 Å². The minimum absolute atomic E-state index is 0.0785. The number of halogens is 2. The number of fused-ring (bicyclic) bond motifs is 4. The van der Waals surface area contributed by atoms with Gasteiger partial charge in [-0.25, -0.2) is 8.78 Å². The number of hydrogen-bond donors (Lipinski definition) is 1. The average Bonchev–Trinajstić information content (AvgIpc) is 3.00. The normalized spacial score (nSPS) is 28.2. The second-order valence-corrected chi connectivity index (χ2v) is 8.37. The van der Waals surface area contributed by atoms with E-state index in [1.165, 1.54) is 6.07 Å². The van der Waals surface area contributed by atoms with E-state index in [0.29, 0.717) is 16.2 Å². The van der Waals surface area contributed by atoms with Crippen LogP contribution in [0.15, 0.2) is 18.2 Å². The molecule has 3 saturated heterocycles. The lowest BCUT2D eigenvalue weighted by atomic mass is 9.72. The maximum Gasteiger partial charge on any atom is 0.261 e. The van der Waals surface area contributed by atoms with E-state index >= 15 is 0 Å². The molecule has 3 aliphatic rings. The molecule has 3 nitrogen and oxygen atoms in total. The van der Waals surface area contributed by atoms with Crippen LogP contribution in [0.25, 0.3) is 10.1 Å². The Bertz CT molecular complexity index is 809. The first kappa shape index (κ1) is 16.0. The Morgan fingerprint density at radius 2 is 2.00 bits per heavy atom. The smallest absolute Gasteiger partial charge is 0.261 e. The molecule has 0 radical (unpaired) electrons. The fourth-order valence-corrected chi connectivity index (χ4v) is 5.24. The van der Waals surface area contributed by atoms with Crippen molar-refractivity contribution >= 4 is 27.3 Å². The van der Waals surface area contributed by atoms with Crippen molar-refractivity contribution in [1.29, 1.82) is 0 Å². The van der Waals surface area contributed by atoms with Crippen LogP contribution in [0.1, 0.15) is 36.4 Å². The summed E-state index contributed by atoms with van der Waals surface area (Å²) in [7, 11) is 0. The number of carbonyl (C=O) groups excluding carboxylic acids is 1. The maximum absolute atomic E-state index is 13.9. The van der Waals surface area contributed by atoms with E-state index in [9.17, 15) is 13.6 Å². The zero-order valence-corrected chi connectivity index (χ0v) is 14.6. The largest absolute Gasteiger partial charge is 0.346 e. The molecule has 1 N–H and O–H groups in total. The van der Waals surface area contributed by atoms with Crippen molar-refractivity contribution in [1.82, 2.24) is 10.2 Å². The molecule has 0 saturated carbocycles. The fourth-order valence-electron chi connectivity index (χ4n) is 4.25. The molecule has 2 bridgehead atoms. The molecule has 4 heterocycles. The van der Waals surface area contributed by atoms with Crippen LogP contribution < -0.4 is 5.32 Å². The highest BCUT2D eigenvalue weighted by atomic mass is 32.1. The van der Waals surface area contributed by atoms with Gasteiger partial charge in [-0.3, -0.25) is 9.69 Å². The van der Waals surface area contributed by atoms with E-state index in [2.05, 4.69) is 24.1 Å². The second kappa shape index (κ2) is 5.49. The van der Waals surface area contributed by atoms with Crippen LogP contribution in [0.4, 0.5) is 8.78 Å². The van der Waals surface area contributed by atoms with Crippen molar-refractivity contribution in [3.63, 3.8) is 0 Å². The van der Waals surface area contributed by atoms with Crippen molar-refractivity contribution in [3.8, 4) is 0 Å². The van der Waals surface area contributed by atoms with Gasteiger partial charge in [0.1, 0.15) is 0 Å². The number of thiophene rings is 1. The van der Waals surface area contributed by atoms with Crippen LogP contribution in [-0.4, -0.2) is 35.5 Å². The van der Waals surface area contributed by atoms with Crippen LogP contribution in [0, 0.1) is 17.6 Å². The third-order valence-corrected chi connectivity index (χ3v) is 6.82. The van der Waals surface area contributed by atoms with Crippen LogP contribution >= 0.6 is 11.3 Å². The first-order valence-corrected chi connectivity index (χ1v) is 9.13. The van der Waals surface area contributed by atoms with E-state index in [4.69, 9.17) is 0 Å². The molecule has 2 aromatic rings. The Morgan fingerprint density at radius 3 is 2.67 bits per heavy atom. The molecule has 0 aliphatic carbocycles. The van der Waals surface area contributed by atoms with Crippen molar-refractivity contribution < 1.29 is 13.6 Å². The molecular formula is C18H20F2N2OS. The molecule has 0 unspecified atom stereocenters. The first-order valence-electron chi connectivity index (χ1n) is 8.31. The molecular weight excluding hydrogens is 330 g/mol. The van der Waals surface area contributed by atoms with Gasteiger partial charge in [-0.05, 0) is 63.2 Å². The van der Waals surface area contributed by atoms with Gasteiger partial charge >= 0.3 is 0 Å². The Kier molecular flexibility index (Phi) is 3.65. The summed E-state index contributed by atoms with van der Waals surface area (Å²) in [5.41, 5.74) is -0.0785. The lowest BCUT2D eigenvalue weighted by Crippen LogP contribution is -2.69. The zero-order valence-electron chi connectivity index (χ0n) is 13.7. The molecule has 1 aromatic carbocycles. The van der Waals surface area contributed by atoms with E-state index in [0.717, 1.165) is 43.3 Å². The lowest BCUT2D eigenvalue weighted by molar-refractivity contribution is -0.0377. The summed E-state index contributed by atoms with van der Waals surface area (Å²) in [6.45, 7) is 6.50. The van der Waals surface area contributed by atoms with Crippen LogP contribution in [0.2, 0.25) is 0 Å². The monoisotopic (exact) mass is 350 g/mol. The third kappa shape index (κ3) is 2.35. The van der Waals surface area contributed by atoms with Crippen molar-refractivity contribution in [2.75, 3.05) is 13.1 Å². The summed E-state index contributed by atoms with van der Waals surface area (Å²) in [4.78, 5) is 15.6. The van der Waals surface area contributed by atoms with Gasteiger partial charge in [-0.15, -0.1) is 11.3 Å². The number of nitrogens with zero attached hydrogens (tertiary/aromatic N) is 1. The first-order chi connectivity index (χ1) is 11.4. The van der Waals surface area contributed by atoms with E-state index in [1.807, 2.05) is 0 Å². The summed E-state index contributed by atoms with van der Waals surface area (Å²) in [6.07, 6.45) is 2.20. The highest BCUT2D eigenvalue weighted by molar-refractivity contribution is 7.20. The summed E-state index contributed by atoms with van der Waals surface area (Å²) in [6, 6.07) is 4.34.